The molecule has 3 unspecified atom stereocenters. The number of pyridine rings is 1. The highest BCUT2D eigenvalue weighted by atomic mass is 16.5. The van der Waals surface area contributed by atoms with Gasteiger partial charge in [-0.3, -0.25) is 4.98 Å². The van der Waals surface area contributed by atoms with E-state index in [1.54, 1.807) is 12.4 Å². The van der Waals surface area contributed by atoms with Gasteiger partial charge in [-0.25, -0.2) is 0 Å². The summed E-state index contributed by atoms with van der Waals surface area (Å²) in [6.07, 6.45) is 6.82. The molecule has 1 aromatic heterocycles. The third-order valence-electron chi connectivity index (χ3n) is 4.28. The first-order valence-corrected chi connectivity index (χ1v) is 8.01. The maximum atomic E-state index is 10.9. The summed E-state index contributed by atoms with van der Waals surface area (Å²) in [5, 5.41) is 10.9. The zero-order valence-corrected chi connectivity index (χ0v) is 13.3. The Bertz CT molecular complexity index is 447. The molecule has 1 aliphatic carbocycles. The third kappa shape index (κ3) is 3.74. The van der Waals surface area contributed by atoms with E-state index >= 15 is 0 Å². The van der Waals surface area contributed by atoms with E-state index in [2.05, 4.69) is 11.9 Å². The number of aliphatic hydroxyl groups is 1. The van der Waals surface area contributed by atoms with E-state index < -0.39 is 11.7 Å². The van der Waals surface area contributed by atoms with Crippen LogP contribution in [0.1, 0.15) is 58.1 Å². The van der Waals surface area contributed by atoms with Crippen molar-refractivity contribution >= 4 is 0 Å². The predicted molar refractivity (Wildman–Crippen MR) is 82.4 cm³/mol. The van der Waals surface area contributed by atoms with Crippen LogP contribution in [0.15, 0.2) is 18.5 Å². The Kier molecular flexibility index (Phi) is 5.59. The van der Waals surface area contributed by atoms with E-state index in [4.69, 9.17) is 9.47 Å². The molecule has 1 fully saturated rings. The van der Waals surface area contributed by atoms with Gasteiger partial charge in [0.2, 0.25) is 0 Å². The van der Waals surface area contributed by atoms with Crippen molar-refractivity contribution in [2.75, 3.05) is 13.2 Å². The van der Waals surface area contributed by atoms with Gasteiger partial charge in [-0.1, -0.05) is 19.8 Å². The topological polar surface area (TPSA) is 51.6 Å². The maximum Gasteiger partial charge on any atom is 0.137 e. The molecule has 4 nitrogen and oxygen atoms in total. The van der Waals surface area contributed by atoms with E-state index in [9.17, 15) is 5.11 Å². The van der Waals surface area contributed by atoms with E-state index in [0.717, 1.165) is 24.8 Å². The predicted octanol–water partition coefficient (Wildman–Crippen LogP) is 3.50. The van der Waals surface area contributed by atoms with E-state index in [1.807, 2.05) is 19.9 Å². The van der Waals surface area contributed by atoms with E-state index in [1.165, 1.54) is 6.42 Å². The zero-order valence-electron chi connectivity index (χ0n) is 13.3. The minimum Gasteiger partial charge on any atom is -0.492 e. The Balaban J connectivity index is 2.25. The van der Waals surface area contributed by atoms with Crippen LogP contribution in [0.5, 0.6) is 5.75 Å². The van der Waals surface area contributed by atoms with Gasteiger partial charge in [0.1, 0.15) is 11.9 Å². The second-order valence-corrected chi connectivity index (χ2v) is 5.99. The first kappa shape index (κ1) is 16.2. The lowest BCUT2D eigenvalue weighted by Crippen LogP contribution is -2.43. The van der Waals surface area contributed by atoms with Crippen LogP contribution in [0.3, 0.4) is 0 Å². The van der Waals surface area contributed by atoms with Gasteiger partial charge in [0.25, 0.3) is 0 Å². The Hall–Kier alpha value is -1.13. The van der Waals surface area contributed by atoms with Gasteiger partial charge in [-0.15, -0.1) is 0 Å². The van der Waals surface area contributed by atoms with Crippen molar-refractivity contribution in [1.82, 2.24) is 4.98 Å². The van der Waals surface area contributed by atoms with Crippen LogP contribution in [0, 0.1) is 5.92 Å². The lowest BCUT2D eigenvalue weighted by molar-refractivity contribution is -0.150. The lowest BCUT2D eigenvalue weighted by atomic mass is 9.74. The molecule has 0 radical (unpaired) electrons. The average Bonchev–Trinajstić information content (AvgIpc) is 2.47. The molecule has 1 aliphatic rings. The fraction of sp³-hybridized carbons (Fsp3) is 0.706. The number of aliphatic hydroxyl groups excluding tert-OH is 1. The first-order chi connectivity index (χ1) is 10.1. The molecule has 4 heteroatoms. The van der Waals surface area contributed by atoms with Gasteiger partial charge in [0.05, 0.1) is 18.4 Å². The molecular formula is C17H27NO3. The molecular weight excluding hydrogens is 266 g/mol. The van der Waals surface area contributed by atoms with Crippen molar-refractivity contribution in [3.05, 3.63) is 24.0 Å². The molecule has 1 saturated carbocycles. The number of nitrogens with zero attached hydrogens (tertiary/aromatic N) is 1. The Morgan fingerprint density at radius 3 is 2.86 bits per heavy atom. The molecule has 1 N–H and O–H groups in total. The third-order valence-corrected chi connectivity index (χ3v) is 4.28. The van der Waals surface area contributed by atoms with Gasteiger partial charge < -0.3 is 14.6 Å². The summed E-state index contributed by atoms with van der Waals surface area (Å²) in [4.78, 5) is 4.19. The first-order valence-electron chi connectivity index (χ1n) is 8.01. The van der Waals surface area contributed by atoms with Crippen LogP contribution in [-0.4, -0.2) is 28.9 Å². The summed E-state index contributed by atoms with van der Waals surface area (Å²) in [6, 6.07) is 1.88. The van der Waals surface area contributed by atoms with Crippen LogP contribution in [0.25, 0.3) is 0 Å². The summed E-state index contributed by atoms with van der Waals surface area (Å²) in [7, 11) is 0. The Morgan fingerprint density at radius 1 is 1.38 bits per heavy atom. The van der Waals surface area contributed by atoms with E-state index in [0.29, 0.717) is 24.9 Å². The largest absolute Gasteiger partial charge is 0.492 e. The molecule has 0 spiro atoms. The van der Waals surface area contributed by atoms with Crippen molar-refractivity contribution in [3.8, 4) is 5.75 Å². The zero-order chi connectivity index (χ0) is 15.3. The molecule has 0 aliphatic heterocycles. The van der Waals surface area contributed by atoms with E-state index in [-0.39, 0.29) is 0 Å². The lowest BCUT2D eigenvalue weighted by Gasteiger charge is -2.43. The average molecular weight is 293 g/mol. The fourth-order valence-electron chi connectivity index (χ4n) is 3.42. The quantitative estimate of drug-likeness (QED) is 0.872. The molecule has 2 rings (SSSR count). The van der Waals surface area contributed by atoms with Crippen LogP contribution in [0.2, 0.25) is 0 Å². The minimum absolute atomic E-state index is 0.487. The summed E-state index contributed by atoms with van der Waals surface area (Å²) < 4.78 is 11.5. The standard InChI is InChI=1S/C17H27NO3/c1-4-20-15-9-14(11-18-12-15)16(19)17(21-5-2)8-6-7-13(3)10-17/h9,11-13,16,19H,4-8,10H2,1-3H3. The van der Waals surface area contributed by atoms with Gasteiger partial charge in [-0.05, 0) is 38.7 Å². The molecule has 0 aromatic carbocycles. The maximum absolute atomic E-state index is 10.9. The van der Waals surface area contributed by atoms with Crippen molar-refractivity contribution in [3.63, 3.8) is 0 Å². The second-order valence-electron chi connectivity index (χ2n) is 5.99. The highest BCUT2D eigenvalue weighted by Crippen LogP contribution is 2.43. The monoisotopic (exact) mass is 293 g/mol. The van der Waals surface area contributed by atoms with Crippen LogP contribution in [-0.2, 0) is 4.74 Å². The molecule has 3 atom stereocenters. The number of hydrogen-bond acceptors (Lipinski definition) is 4. The van der Waals surface area contributed by atoms with Crippen molar-refractivity contribution in [1.29, 1.82) is 0 Å². The molecule has 0 amide bonds. The Morgan fingerprint density at radius 2 is 2.19 bits per heavy atom. The Labute approximate surface area is 127 Å². The number of hydrogen-bond donors (Lipinski definition) is 1. The van der Waals surface area contributed by atoms with Gasteiger partial charge >= 0.3 is 0 Å². The summed E-state index contributed by atoms with van der Waals surface area (Å²) >= 11 is 0. The van der Waals surface area contributed by atoms with Gasteiger partial charge in [0, 0.05) is 18.4 Å². The number of aromatic nitrogens is 1. The van der Waals surface area contributed by atoms with Crippen LogP contribution in [0.4, 0.5) is 0 Å². The molecule has 0 saturated heterocycles. The van der Waals surface area contributed by atoms with Crippen molar-refractivity contribution in [2.24, 2.45) is 5.92 Å². The molecule has 118 valence electrons. The SMILES string of the molecule is CCOc1cncc(C(O)C2(OCC)CCCC(C)C2)c1. The summed E-state index contributed by atoms with van der Waals surface area (Å²) in [5.74, 6) is 1.27. The highest BCUT2D eigenvalue weighted by molar-refractivity contribution is 5.27. The summed E-state index contributed by atoms with van der Waals surface area (Å²) in [6.45, 7) is 7.36. The van der Waals surface area contributed by atoms with Gasteiger partial charge in [-0.2, -0.15) is 0 Å². The van der Waals surface area contributed by atoms with Crippen molar-refractivity contribution < 1.29 is 14.6 Å². The highest BCUT2D eigenvalue weighted by Gasteiger charge is 2.43. The van der Waals surface area contributed by atoms with Crippen molar-refractivity contribution in [2.45, 2.75) is 58.2 Å². The molecule has 0 bridgehead atoms. The fourth-order valence-corrected chi connectivity index (χ4v) is 3.42. The summed E-state index contributed by atoms with van der Waals surface area (Å²) in [5.41, 5.74) is 0.294. The molecule has 1 aromatic rings. The minimum atomic E-state index is -0.659. The number of rotatable bonds is 6. The van der Waals surface area contributed by atoms with Crippen LogP contribution >= 0.6 is 0 Å². The van der Waals surface area contributed by atoms with Crippen LogP contribution < -0.4 is 4.74 Å². The van der Waals surface area contributed by atoms with Gasteiger partial charge in [0.15, 0.2) is 0 Å². The molecule has 1 heterocycles. The second kappa shape index (κ2) is 7.23. The normalized spacial score (nSPS) is 27.3. The number of ether oxygens (including phenoxy) is 2. The smallest absolute Gasteiger partial charge is 0.137 e. The molecule has 21 heavy (non-hydrogen) atoms.